The third kappa shape index (κ3) is 2.48. The predicted molar refractivity (Wildman–Crippen MR) is 83.5 cm³/mol. The molecule has 1 aromatic heterocycles. The number of nitrogens with one attached hydrogen (secondary N) is 1. The number of hydrogen-bond donors (Lipinski definition) is 1. The lowest BCUT2D eigenvalue weighted by Crippen LogP contribution is -2.30. The van der Waals surface area contributed by atoms with Crippen LogP contribution < -0.4 is 5.32 Å². The van der Waals surface area contributed by atoms with Gasteiger partial charge in [0.15, 0.2) is 11.5 Å². The molecule has 1 heterocycles. The van der Waals surface area contributed by atoms with Gasteiger partial charge in [-0.3, -0.25) is 9.59 Å². The van der Waals surface area contributed by atoms with Crippen molar-refractivity contribution in [3.05, 3.63) is 11.9 Å². The molecule has 4 atom stereocenters. The normalized spacial score (nSPS) is 34.3. The Hall–Kier alpha value is -1.72. The summed E-state index contributed by atoms with van der Waals surface area (Å²) < 4.78 is 1.46. The molecule has 3 fully saturated rings. The van der Waals surface area contributed by atoms with E-state index in [1.807, 2.05) is 20.8 Å². The first kappa shape index (κ1) is 14.8. The van der Waals surface area contributed by atoms with Crippen molar-refractivity contribution in [2.24, 2.45) is 29.1 Å². The van der Waals surface area contributed by atoms with E-state index in [1.165, 1.54) is 23.9 Å². The molecule has 3 aliphatic carbocycles. The van der Waals surface area contributed by atoms with Gasteiger partial charge in [-0.2, -0.15) is 0 Å². The van der Waals surface area contributed by atoms with Crippen LogP contribution in [0.4, 0.5) is 0 Å². The highest BCUT2D eigenvalue weighted by molar-refractivity contribution is 5.92. The van der Waals surface area contributed by atoms with E-state index < -0.39 is 5.41 Å². The van der Waals surface area contributed by atoms with Crippen molar-refractivity contribution < 1.29 is 9.59 Å². The summed E-state index contributed by atoms with van der Waals surface area (Å²) in [5.74, 6) is 2.98. The highest BCUT2D eigenvalue weighted by Crippen LogP contribution is 2.65. The maximum absolute atomic E-state index is 12.3. The van der Waals surface area contributed by atoms with E-state index in [1.54, 1.807) is 6.20 Å². The first-order chi connectivity index (χ1) is 10.8. The topological polar surface area (TPSA) is 76.9 Å². The summed E-state index contributed by atoms with van der Waals surface area (Å²) in [7, 11) is 0. The Morgan fingerprint density at radius 3 is 2.52 bits per heavy atom. The number of Topliss-reactive ketones (excluding diaryl/α,β-unsaturated/α-hetero) is 1. The summed E-state index contributed by atoms with van der Waals surface area (Å²) in [6.07, 6.45) is 5.62. The minimum atomic E-state index is -0.418. The number of ketones is 1. The molecule has 124 valence electrons. The Morgan fingerprint density at radius 1 is 1.26 bits per heavy atom. The Bertz CT molecular complexity index is 644. The molecular formula is C17H24N4O2. The largest absolute Gasteiger partial charge is 0.347 e. The van der Waals surface area contributed by atoms with E-state index in [9.17, 15) is 9.59 Å². The Labute approximate surface area is 136 Å². The van der Waals surface area contributed by atoms with Gasteiger partial charge in [-0.05, 0) is 42.9 Å². The van der Waals surface area contributed by atoms with E-state index in [0.717, 1.165) is 11.8 Å². The van der Waals surface area contributed by atoms with Crippen molar-refractivity contribution in [2.75, 3.05) is 0 Å². The summed E-state index contributed by atoms with van der Waals surface area (Å²) in [6, 6.07) is 0.343. The molecule has 0 aromatic carbocycles. The second-order valence-corrected chi connectivity index (χ2v) is 8.46. The van der Waals surface area contributed by atoms with Crippen LogP contribution in [0.2, 0.25) is 0 Å². The van der Waals surface area contributed by atoms with Gasteiger partial charge in [0, 0.05) is 11.5 Å². The number of amides is 1. The fourth-order valence-electron chi connectivity index (χ4n) is 4.61. The summed E-state index contributed by atoms with van der Waals surface area (Å²) in [5.41, 5.74) is -0.108. The molecule has 2 bridgehead atoms. The predicted octanol–water partition coefficient (Wildman–Crippen LogP) is 1.67. The first-order valence-electron chi connectivity index (χ1n) is 8.59. The van der Waals surface area contributed by atoms with Crippen LogP contribution in [-0.2, 0) is 11.3 Å². The number of nitrogens with zero attached hydrogens (tertiary/aromatic N) is 3. The smallest absolute Gasteiger partial charge is 0.273 e. The van der Waals surface area contributed by atoms with Crippen molar-refractivity contribution in [2.45, 2.75) is 52.6 Å². The van der Waals surface area contributed by atoms with Crippen LogP contribution >= 0.6 is 0 Å². The zero-order valence-corrected chi connectivity index (χ0v) is 14.0. The number of fused-ring (bicyclic) bond motifs is 5. The molecule has 4 rings (SSSR count). The lowest BCUT2D eigenvalue weighted by atomic mass is 9.91. The van der Waals surface area contributed by atoms with Crippen molar-refractivity contribution in [3.63, 3.8) is 0 Å². The highest BCUT2D eigenvalue weighted by Gasteiger charge is 2.65. The van der Waals surface area contributed by atoms with E-state index in [0.29, 0.717) is 23.6 Å². The quantitative estimate of drug-likeness (QED) is 0.916. The number of rotatable bonds is 4. The lowest BCUT2D eigenvalue weighted by molar-refractivity contribution is -0.127. The standard InChI is InChI=1S/C17H24N4O2/c1-17(2,3)12(22)8-21-7-11(19-20-21)16(23)18-15-13-9-4-5-10(6-9)14(13)15/h7,9-10,13-15H,4-6,8H2,1-3H3,(H,18,23)/t9-,10-,13-,14-/m0/s1. The summed E-state index contributed by atoms with van der Waals surface area (Å²) >= 11 is 0. The molecule has 1 N–H and O–H groups in total. The van der Waals surface area contributed by atoms with Crippen LogP contribution in [0.25, 0.3) is 0 Å². The van der Waals surface area contributed by atoms with Gasteiger partial charge in [-0.25, -0.2) is 4.68 Å². The van der Waals surface area contributed by atoms with Crippen molar-refractivity contribution in [1.29, 1.82) is 0 Å². The van der Waals surface area contributed by atoms with Crippen molar-refractivity contribution >= 4 is 11.7 Å². The summed E-state index contributed by atoms with van der Waals surface area (Å²) in [5, 5.41) is 11.0. The third-order valence-electron chi connectivity index (χ3n) is 5.95. The molecule has 0 saturated heterocycles. The van der Waals surface area contributed by atoms with E-state index >= 15 is 0 Å². The molecule has 1 aromatic rings. The molecule has 0 aliphatic heterocycles. The fourth-order valence-corrected chi connectivity index (χ4v) is 4.61. The van der Waals surface area contributed by atoms with Crippen LogP contribution in [0.1, 0.15) is 50.5 Å². The molecule has 1 amide bonds. The summed E-state index contributed by atoms with van der Waals surface area (Å²) in [6.45, 7) is 5.78. The van der Waals surface area contributed by atoms with Gasteiger partial charge in [-0.1, -0.05) is 26.0 Å². The molecule has 6 nitrogen and oxygen atoms in total. The van der Waals surface area contributed by atoms with Gasteiger partial charge in [-0.15, -0.1) is 5.10 Å². The minimum absolute atomic E-state index is 0.0719. The monoisotopic (exact) mass is 316 g/mol. The SMILES string of the molecule is CC(C)(C)C(=O)Cn1cc(C(=O)NC2[C@H]3[C@H]4CC[C@@H](C4)[C@H]23)nn1. The molecule has 0 spiro atoms. The maximum Gasteiger partial charge on any atom is 0.273 e. The van der Waals surface area contributed by atoms with E-state index in [4.69, 9.17) is 0 Å². The average molecular weight is 316 g/mol. The number of carbonyl (C=O) groups is 2. The van der Waals surface area contributed by atoms with Crippen molar-refractivity contribution in [3.8, 4) is 0 Å². The fraction of sp³-hybridized carbons (Fsp3) is 0.765. The van der Waals surface area contributed by atoms with Crippen LogP contribution in [-0.4, -0.2) is 32.7 Å². The Morgan fingerprint density at radius 2 is 1.91 bits per heavy atom. The van der Waals surface area contributed by atoms with Gasteiger partial charge in [0.25, 0.3) is 5.91 Å². The second-order valence-electron chi connectivity index (χ2n) is 8.46. The van der Waals surface area contributed by atoms with Crippen molar-refractivity contribution in [1.82, 2.24) is 20.3 Å². The Kier molecular flexibility index (Phi) is 3.15. The third-order valence-corrected chi connectivity index (χ3v) is 5.95. The molecule has 0 unspecified atom stereocenters. The lowest BCUT2D eigenvalue weighted by Gasteiger charge is -2.15. The molecule has 3 saturated carbocycles. The molecule has 3 aliphatic rings. The van der Waals surface area contributed by atoms with Crippen LogP contribution in [0.15, 0.2) is 6.20 Å². The van der Waals surface area contributed by atoms with Crippen LogP contribution in [0.5, 0.6) is 0 Å². The van der Waals surface area contributed by atoms with Gasteiger partial charge < -0.3 is 5.32 Å². The average Bonchev–Trinajstić information content (AvgIpc) is 2.91. The van der Waals surface area contributed by atoms with Gasteiger partial charge >= 0.3 is 0 Å². The molecule has 0 radical (unpaired) electrons. The second kappa shape index (κ2) is 4.89. The maximum atomic E-state index is 12.3. The highest BCUT2D eigenvalue weighted by atomic mass is 16.2. The van der Waals surface area contributed by atoms with Crippen LogP contribution in [0.3, 0.4) is 0 Å². The minimum Gasteiger partial charge on any atom is -0.347 e. The molecular weight excluding hydrogens is 292 g/mol. The van der Waals surface area contributed by atoms with E-state index in [-0.39, 0.29) is 18.2 Å². The van der Waals surface area contributed by atoms with Gasteiger partial charge in [0.2, 0.25) is 0 Å². The zero-order chi connectivity index (χ0) is 16.4. The van der Waals surface area contributed by atoms with Crippen LogP contribution in [0, 0.1) is 29.1 Å². The van der Waals surface area contributed by atoms with E-state index in [2.05, 4.69) is 15.6 Å². The first-order valence-corrected chi connectivity index (χ1v) is 8.59. The summed E-state index contributed by atoms with van der Waals surface area (Å²) in [4.78, 5) is 24.4. The molecule has 23 heavy (non-hydrogen) atoms. The Balaban J connectivity index is 1.36. The zero-order valence-electron chi connectivity index (χ0n) is 14.0. The number of carbonyl (C=O) groups excluding carboxylic acids is 2. The number of aromatic nitrogens is 3. The molecule has 6 heteroatoms. The number of hydrogen-bond acceptors (Lipinski definition) is 4. The van der Waals surface area contributed by atoms with Gasteiger partial charge in [0.1, 0.15) is 6.54 Å². The van der Waals surface area contributed by atoms with Gasteiger partial charge in [0.05, 0.1) is 6.20 Å².